The van der Waals surface area contributed by atoms with Gasteiger partial charge in [-0.15, -0.1) is 0 Å². The molecule has 0 fully saturated rings. The fraction of sp³-hybridized carbons (Fsp3) is 0.412. The zero-order valence-electron chi connectivity index (χ0n) is 11.5. The molecule has 1 unspecified atom stereocenters. The number of hydrogen-bond acceptors (Lipinski definition) is 2. The van der Waals surface area contributed by atoms with Gasteiger partial charge in [-0.1, -0.05) is 55.6 Å². The molecule has 0 aromatic rings. The molecule has 0 rings (SSSR count). The number of hydrogen-bond donors (Lipinski definition) is 2. The van der Waals surface area contributed by atoms with E-state index in [0.29, 0.717) is 12.8 Å². The van der Waals surface area contributed by atoms with Crippen LogP contribution in [-0.4, -0.2) is 22.9 Å². The predicted octanol–water partition coefficient (Wildman–Crippen LogP) is 2.60. The minimum Gasteiger partial charge on any atom is -0.396 e. The van der Waals surface area contributed by atoms with Gasteiger partial charge >= 0.3 is 0 Å². The molecule has 2 N–H and O–H groups in total. The van der Waals surface area contributed by atoms with Crippen LogP contribution < -0.4 is 0 Å². The Kier molecular flexibility index (Phi) is 13.0. The van der Waals surface area contributed by atoms with E-state index in [1.165, 1.54) is 0 Å². The van der Waals surface area contributed by atoms with Crippen LogP contribution in [0, 0.1) is 23.7 Å². The van der Waals surface area contributed by atoms with Crippen molar-refractivity contribution < 1.29 is 10.2 Å². The first-order chi connectivity index (χ1) is 9.31. The number of allylic oxidation sites excluding steroid dienone is 5. The van der Waals surface area contributed by atoms with E-state index < -0.39 is 0 Å². The molecule has 0 bridgehead atoms. The second kappa shape index (κ2) is 14.3. The first-order valence-electron chi connectivity index (χ1n) is 6.58. The summed E-state index contributed by atoms with van der Waals surface area (Å²) in [6.07, 6.45) is 13.6. The molecule has 0 spiro atoms. The Morgan fingerprint density at radius 1 is 1.11 bits per heavy atom. The summed E-state index contributed by atoms with van der Waals surface area (Å²) >= 11 is 0. The highest BCUT2D eigenvalue weighted by molar-refractivity contribution is 5.32. The fourth-order valence-corrected chi connectivity index (χ4v) is 1.17. The highest BCUT2D eigenvalue weighted by atomic mass is 16.3. The van der Waals surface area contributed by atoms with Gasteiger partial charge in [-0.2, -0.15) is 0 Å². The summed E-state index contributed by atoms with van der Waals surface area (Å²) in [5, 5.41) is 17.9. The van der Waals surface area contributed by atoms with Crippen molar-refractivity contribution in [3.05, 3.63) is 36.5 Å². The normalized spacial score (nSPS) is 12.4. The van der Waals surface area contributed by atoms with E-state index in [9.17, 15) is 5.11 Å². The smallest absolute Gasteiger partial charge is 0.0723 e. The average Bonchev–Trinajstić information content (AvgIpc) is 2.40. The van der Waals surface area contributed by atoms with E-state index in [0.717, 1.165) is 12.8 Å². The third-order valence-electron chi connectivity index (χ3n) is 2.11. The number of aliphatic hydroxyl groups is 2. The summed E-state index contributed by atoms with van der Waals surface area (Å²) in [5.41, 5.74) is 0. The van der Waals surface area contributed by atoms with Crippen molar-refractivity contribution >= 4 is 0 Å². The Hall–Kier alpha value is -1.74. The van der Waals surface area contributed by atoms with Gasteiger partial charge in [-0.3, -0.25) is 0 Å². The largest absolute Gasteiger partial charge is 0.396 e. The molecule has 0 aromatic carbocycles. The zero-order chi connectivity index (χ0) is 14.2. The van der Waals surface area contributed by atoms with Crippen molar-refractivity contribution in [1.29, 1.82) is 0 Å². The van der Waals surface area contributed by atoms with Crippen molar-refractivity contribution in [3.63, 3.8) is 0 Å². The molecular formula is C17H22O2. The van der Waals surface area contributed by atoms with Crippen molar-refractivity contribution in [3.8, 4) is 23.7 Å². The second-order valence-electron chi connectivity index (χ2n) is 3.88. The van der Waals surface area contributed by atoms with Gasteiger partial charge in [0.25, 0.3) is 0 Å². The van der Waals surface area contributed by atoms with Crippen LogP contribution in [0.4, 0.5) is 0 Å². The SMILES string of the molecule is CCCC(O)/C=C/C=C/C=C/C#CC#CCCCO. The molecule has 2 heteroatoms. The Labute approximate surface area is 116 Å². The van der Waals surface area contributed by atoms with Crippen LogP contribution in [0.5, 0.6) is 0 Å². The molecule has 0 aliphatic rings. The molecule has 0 saturated heterocycles. The summed E-state index contributed by atoms with van der Waals surface area (Å²) in [7, 11) is 0. The van der Waals surface area contributed by atoms with Gasteiger partial charge in [-0.25, -0.2) is 0 Å². The van der Waals surface area contributed by atoms with Gasteiger partial charge in [0.2, 0.25) is 0 Å². The molecule has 0 amide bonds. The zero-order valence-corrected chi connectivity index (χ0v) is 11.5. The van der Waals surface area contributed by atoms with E-state index in [1.807, 2.05) is 31.2 Å². The van der Waals surface area contributed by atoms with E-state index in [4.69, 9.17) is 5.11 Å². The molecule has 19 heavy (non-hydrogen) atoms. The van der Waals surface area contributed by atoms with Crippen LogP contribution in [-0.2, 0) is 0 Å². The van der Waals surface area contributed by atoms with E-state index in [-0.39, 0.29) is 12.7 Å². The molecule has 0 radical (unpaired) electrons. The van der Waals surface area contributed by atoms with Gasteiger partial charge in [-0.05, 0) is 30.8 Å². The van der Waals surface area contributed by atoms with Crippen LogP contribution in [0.15, 0.2) is 36.5 Å². The molecule has 2 nitrogen and oxygen atoms in total. The molecule has 0 aliphatic carbocycles. The Balaban J connectivity index is 3.83. The lowest BCUT2D eigenvalue weighted by molar-refractivity contribution is 0.211. The molecule has 102 valence electrons. The summed E-state index contributed by atoms with van der Waals surface area (Å²) < 4.78 is 0. The standard InChI is InChI=1S/C17H22O2/c1-2-14-17(19)15-12-10-8-6-4-3-5-7-9-11-13-16-18/h4,6,8,10,12,15,17-19H,2,11,13-14,16H2,1H3/b6-4+,10-8+,15-12+. The van der Waals surface area contributed by atoms with Crippen molar-refractivity contribution in [2.24, 2.45) is 0 Å². The van der Waals surface area contributed by atoms with Gasteiger partial charge in [0.1, 0.15) is 0 Å². The lowest BCUT2D eigenvalue weighted by Crippen LogP contribution is -1.99. The summed E-state index contributed by atoms with van der Waals surface area (Å²) in [4.78, 5) is 0. The molecule has 0 aromatic heterocycles. The maximum atomic E-state index is 9.42. The molecule has 0 saturated carbocycles. The number of unbranched alkanes of at least 4 members (excludes halogenated alkanes) is 1. The molecule has 0 heterocycles. The monoisotopic (exact) mass is 258 g/mol. The summed E-state index contributed by atoms with van der Waals surface area (Å²) in [6, 6.07) is 0. The minimum absolute atomic E-state index is 0.174. The van der Waals surface area contributed by atoms with Gasteiger partial charge in [0.05, 0.1) is 6.10 Å². The number of aliphatic hydroxyl groups excluding tert-OH is 2. The second-order valence-corrected chi connectivity index (χ2v) is 3.88. The Morgan fingerprint density at radius 3 is 2.63 bits per heavy atom. The first kappa shape index (κ1) is 17.3. The third kappa shape index (κ3) is 14.2. The van der Waals surface area contributed by atoms with Crippen LogP contribution in [0.1, 0.15) is 32.6 Å². The van der Waals surface area contributed by atoms with Crippen molar-refractivity contribution in [2.75, 3.05) is 6.61 Å². The highest BCUT2D eigenvalue weighted by Crippen LogP contribution is 1.97. The quantitative estimate of drug-likeness (QED) is 0.418. The molecule has 1 atom stereocenters. The van der Waals surface area contributed by atoms with Crippen LogP contribution >= 0.6 is 0 Å². The highest BCUT2D eigenvalue weighted by Gasteiger charge is 1.92. The predicted molar refractivity (Wildman–Crippen MR) is 80.2 cm³/mol. The number of rotatable bonds is 7. The van der Waals surface area contributed by atoms with Crippen molar-refractivity contribution in [2.45, 2.75) is 38.7 Å². The van der Waals surface area contributed by atoms with Gasteiger partial charge < -0.3 is 10.2 Å². The summed E-state index contributed by atoms with van der Waals surface area (Å²) in [6.45, 7) is 2.22. The topological polar surface area (TPSA) is 40.5 Å². The van der Waals surface area contributed by atoms with Crippen LogP contribution in [0.2, 0.25) is 0 Å². The van der Waals surface area contributed by atoms with E-state index in [2.05, 4.69) is 23.7 Å². The van der Waals surface area contributed by atoms with E-state index >= 15 is 0 Å². The van der Waals surface area contributed by atoms with Crippen LogP contribution in [0.3, 0.4) is 0 Å². The minimum atomic E-state index is -0.354. The molecular weight excluding hydrogens is 236 g/mol. The van der Waals surface area contributed by atoms with Gasteiger partial charge in [0.15, 0.2) is 0 Å². The summed E-state index contributed by atoms with van der Waals surface area (Å²) in [5.74, 6) is 11.0. The lowest BCUT2D eigenvalue weighted by atomic mass is 10.2. The fourth-order valence-electron chi connectivity index (χ4n) is 1.17. The Morgan fingerprint density at radius 2 is 1.89 bits per heavy atom. The Bertz CT molecular complexity index is 408. The maximum Gasteiger partial charge on any atom is 0.0723 e. The van der Waals surface area contributed by atoms with Crippen molar-refractivity contribution in [1.82, 2.24) is 0 Å². The van der Waals surface area contributed by atoms with Gasteiger partial charge in [0, 0.05) is 13.0 Å². The van der Waals surface area contributed by atoms with E-state index in [1.54, 1.807) is 12.2 Å². The maximum absolute atomic E-state index is 9.42. The molecule has 0 aliphatic heterocycles. The first-order valence-corrected chi connectivity index (χ1v) is 6.58. The average molecular weight is 258 g/mol. The lowest BCUT2D eigenvalue weighted by Gasteiger charge is -1.99. The third-order valence-corrected chi connectivity index (χ3v) is 2.11. The van der Waals surface area contributed by atoms with Crippen LogP contribution in [0.25, 0.3) is 0 Å².